The Morgan fingerprint density at radius 3 is 3.00 bits per heavy atom. The Bertz CT molecular complexity index is 571. The van der Waals surface area contributed by atoms with Gasteiger partial charge in [-0.1, -0.05) is 0 Å². The molecule has 0 aliphatic rings. The normalized spacial score (nSPS) is 12.1. The van der Waals surface area contributed by atoms with E-state index in [-0.39, 0.29) is 17.4 Å². The summed E-state index contributed by atoms with van der Waals surface area (Å²) in [5, 5.41) is 17.8. The van der Waals surface area contributed by atoms with Gasteiger partial charge in [-0.2, -0.15) is 5.10 Å². The maximum absolute atomic E-state index is 13.2. The van der Waals surface area contributed by atoms with Crippen LogP contribution in [-0.2, 0) is 6.54 Å². The van der Waals surface area contributed by atoms with E-state index in [0.29, 0.717) is 6.54 Å². The van der Waals surface area contributed by atoms with Gasteiger partial charge in [-0.15, -0.1) is 0 Å². The van der Waals surface area contributed by atoms with E-state index in [9.17, 15) is 14.5 Å². The van der Waals surface area contributed by atoms with Crippen LogP contribution in [-0.4, -0.2) is 20.7 Å². The molecule has 1 aromatic carbocycles. The largest absolute Gasteiger partial charge is 0.375 e. The predicted octanol–water partition coefficient (Wildman–Crippen LogP) is 2.43. The van der Waals surface area contributed by atoms with Gasteiger partial charge in [0.25, 0.3) is 5.69 Å². The molecule has 1 heterocycles. The van der Waals surface area contributed by atoms with Crippen molar-refractivity contribution in [1.29, 1.82) is 0 Å². The number of aromatic nitrogens is 2. The fraction of sp³-hybridized carbons (Fsp3) is 0.250. The Morgan fingerprint density at radius 1 is 1.58 bits per heavy atom. The molecule has 0 aliphatic heterocycles. The summed E-state index contributed by atoms with van der Waals surface area (Å²) in [6, 6.07) is 5.01. The van der Waals surface area contributed by atoms with Crippen LogP contribution in [0, 0.1) is 15.9 Å². The van der Waals surface area contributed by atoms with Crippen LogP contribution in [0.25, 0.3) is 0 Å². The molecule has 2 rings (SSSR count). The second-order valence-corrected chi connectivity index (χ2v) is 4.19. The molecular weight excluding hydrogens is 251 g/mol. The van der Waals surface area contributed by atoms with E-state index in [1.165, 1.54) is 0 Å². The van der Waals surface area contributed by atoms with Crippen LogP contribution in [0.3, 0.4) is 0 Å². The van der Waals surface area contributed by atoms with Crippen molar-refractivity contribution in [3.05, 3.63) is 52.6 Å². The average Bonchev–Trinajstić information content (AvgIpc) is 2.81. The van der Waals surface area contributed by atoms with Gasteiger partial charge in [0.15, 0.2) is 0 Å². The monoisotopic (exact) mass is 264 g/mol. The maximum atomic E-state index is 13.2. The lowest BCUT2D eigenvalue weighted by Crippen LogP contribution is -2.22. The first-order valence-electron chi connectivity index (χ1n) is 5.74. The summed E-state index contributed by atoms with van der Waals surface area (Å²) >= 11 is 0. The van der Waals surface area contributed by atoms with Crippen molar-refractivity contribution in [2.75, 3.05) is 5.32 Å². The number of anilines is 1. The molecule has 1 unspecified atom stereocenters. The lowest BCUT2D eigenvalue weighted by atomic mass is 10.2. The third-order valence-corrected chi connectivity index (χ3v) is 2.58. The van der Waals surface area contributed by atoms with E-state index in [2.05, 4.69) is 10.4 Å². The number of nitro benzene ring substituents is 1. The zero-order valence-corrected chi connectivity index (χ0v) is 10.3. The maximum Gasteiger partial charge on any atom is 0.292 e. The highest BCUT2D eigenvalue weighted by Crippen LogP contribution is 2.25. The van der Waals surface area contributed by atoms with Gasteiger partial charge >= 0.3 is 0 Å². The van der Waals surface area contributed by atoms with Crippen molar-refractivity contribution in [1.82, 2.24) is 9.78 Å². The highest BCUT2D eigenvalue weighted by atomic mass is 19.1. The smallest absolute Gasteiger partial charge is 0.292 e. The summed E-state index contributed by atoms with van der Waals surface area (Å²) in [5.74, 6) is -0.514. The lowest BCUT2D eigenvalue weighted by molar-refractivity contribution is -0.384. The predicted molar refractivity (Wildman–Crippen MR) is 68.4 cm³/mol. The Morgan fingerprint density at radius 2 is 2.37 bits per heavy atom. The van der Waals surface area contributed by atoms with Crippen molar-refractivity contribution in [2.24, 2.45) is 0 Å². The van der Waals surface area contributed by atoms with Crippen molar-refractivity contribution in [2.45, 2.75) is 19.5 Å². The lowest BCUT2D eigenvalue weighted by Gasteiger charge is -2.15. The van der Waals surface area contributed by atoms with Crippen LogP contribution in [0.5, 0.6) is 0 Å². The molecule has 0 saturated carbocycles. The van der Waals surface area contributed by atoms with E-state index in [4.69, 9.17) is 0 Å². The molecule has 0 saturated heterocycles. The van der Waals surface area contributed by atoms with Gasteiger partial charge in [0, 0.05) is 30.6 Å². The van der Waals surface area contributed by atoms with Crippen molar-refractivity contribution >= 4 is 11.4 Å². The molecule has 0 radical (unpaired) electrons. The minimum Gasteiger partial charge on any atom is -0.375 e. The summed E-state index contributed by atoms with van der Waals surface area (Å²) in [4.78, 5) is 10.3. The molecule has 1 atom stereocenters. The van der Waals surface area contributed by atoms with Crippen LogP contribution in [0.2, 0.25) is 0 Å². The summed E-state index contributed by atoms with van der Waals surface area (Å²) < 4.78 is 14.9. The van der Waals surface area contributed by atoms with Crippen LogP contribution < -0.4 is 5.32 Å². The van der Waals surface area contributed by atoms with Crippen molar-refractivity contribution in [3.8, 4) is 0 Å². The van der Waals surface area contributed by atoms with Gasteiger partial charge in [-0.3, -0.25) is 14.8 Å². The number of nitrogens with one attached hydrogen (secondary N) is 1. The molecule has 6 nitrogen and oxygen atoms in total. The molecule has 0 spiro atoms. The molecule has 0 aliphatic carbocycles. The molecule has 7 heteroatoms. The topological polar surface area (TPSA) is 73.0 Å². The minimum absolute atomic E-state index is 0.125. The second-order valence-electron chi connectivity index (χ2n) is 4.19. The van der Waals surface area contributed by atoms with Gasteiger partial charge in [0.05, 0.1) is 11.5 Å². The summed E-state index contributed by atoms with van der Waals surface area (Å²) in [7, 11) is 0. The SMILES string of the molecule is CC(Cn1cccn1)Nc1cc(F)ccc1[N+](=O)[O-]. The molecule has 0 bridgehead atoms. The zero-order valence-electron chi connectivity index (χ0n) is 10.3. The quantitative estimate of drug-likeness (QED) is 0.665. The molecule has 2 aromatic rings. The van der Waals surface area contributed by atoms with E-state index in [1.54, 1.807) is 23.1 Å². The average molecular weight is 264 g/mol. The summed E-state index contributed by atoms with van der Waals surface area (Å²) in [5.41, 5.74) is 0.0263. The first-order valence-corrected chi connectivity index (χ1v) is 5.74. The van der Waals surface area contributed by atoms with Gasteiger partial charge in [-0.25, -0.2) is 4.39 Å². The van der Waals surface area contributed by atoms with E-state index in [1.807, 2.05) is 6.92 Å². The zero-order chi connectivity index (χ0) is 13.8. The fourth-order valence-corrected chi connectivity index (χ4v) is 1.78. The third kappa shape index (κ3) is 3.27. The Balaban J connectivity index is 2.13. The van der Waals surface area contributed by atoms with Crippen molar-refractivity contribution < 1.29 is 9.31 Å². The summed E-state index contributed by atoms with van der Waals surface area (Å²) in [6.45, 7) is 2.37. The number of halogens is 1. The van der Waals surface area contributed by atoms with Crippen LogP contribution in [0.4, 0.5) is 15.8 Å². The highest BCUT2D eigenvalue weighted by Gasteiger charge is 2.16. The molecule has 0 fully saturated rings. The number of hydrogen-bond donors (Lipinski definition) is 1. The third-order valence-electron chi connectivity index (χ3n) is 2.58. The minimum atomic E-state index is -0.539. The number of hydrogen-bond acceptors (Lipinski definition) is 4. The molecular formula is C12H13FN4O2. The number of benzene rings is 1. The van der Waals surface area contributed by atoms with Gasteiger partial charge in [0.1, 0.15) is 11.5 Å². The van der Waals surface area contributed by atoms with Crippen LogP contribution in [0.1, 0.15) is 6.92 Å². The highest BCUT2D eigenvalue weighted by molar-refractivity contribution is 5.61. The molecule has 1 aromatic heterocycles. The molecule has 1 N–H and O–H groups in total. The van der Waals surface area contributed by atoms with Gasteiger partial charge in [0.2, 0.25) is 0 Å². The molecule has 100 valence electrons. The van der Waals surface area contributed by atoms with Crippen LogP contribution >= 0.6 is 0 Å². The molecule has 0 amide bonds. The Labute approximate surface area is 109 Å². The fourth-order valence-electron chi connectivity index (χ4n) is 1.78. The first kappa shape index (κ1) is 13.0. The van der Waals surface area contributed by atoms with Crippen LogP contribution in [0.15, 0.2) is 36.7 Å². The van der Waals surface area contributed by atoms with Gasteiger partial charge in [-0.05, 0) is 19.1 Å². The van der Waals surface area contributed by atoms with Gasteiger partial charge < -0.3 is 5.32 Å². The first-order chi connectivity index (χ1) is 9.06. The Hall–Kier alpha value is -2.44. The number of nitro groups is 1. The van der Waals surface area contributed by atoms with E-state index >= 15 is 0 Å². The summed E-state index contributed by atoms with van der Waals surface area (Å²) in [6.07, 6.45) is 3.44. The number of rotatable bonds is 5. The van der Waals surface area contributed by atoms with E-state index in [0.717, 1.165) is 18.2 Å². The number of nitrogens with zero attached hydrogens (tertiary/aromatic N) is 3. The Kier molecular flexibility index (Phi) is 3.74. The second kappa shape index (κ2) is 5.47. The molecule has 19 heavy (non-hydrogen) atoms. The van der Waals surface area contributed by atoms with Crippen molar-refractivity contribution in [3.63, 3.8) is 0 Å². The standard InChI is InChI=1S/C12H13FN4O2/c1-9(8-16-6-2-5-14-16)15-11-7-10(13)3-4-12(11)17(18)19/h2-7,9,15H,8H2,1H3. The van der Waals surface area contributed by atoms with E-state index < -0.39 is 10.7 Å².